The Kier molecular flexibility index (Phi) is 5.87. The van der Waals surface area contributed by atoms with Crippen LogP contribution in [0.4, 0.5) is 5.82 Å². The summed E-state index contributed by atoms with van der Waals surface area (Å²) in [5.41, 5.74) is 1.58. The van der Waals surface area contributed by atoms with Crippen LogP contribution in [-0.2, 0) is 6.42 Å². The fourth-order valence-corrected chi connectivity index (χ4v) is 3.14. The number of carbonyl (C=O) groups is 1. The van der Waals surface area contributed by atoms with Crippen LogP contribution in [0.2, 0.25) is 5.02 Å². The molecule has 0 bridgehead atoms. The predicted octanol–water partition coefficient (Wildman–Crippen LogP) is 3.66. The smallest absolute Gasteiger partial charge is 0.274 e. The maximum Gasteiger partial charge on any atom is 0.274 e. The zero-order valence-corrected chi connectivity index (χ0v) is 15.2. The molecule has 2 aromatic rings. The molecule has 0 atom stereocenters. The van der Waals surface area contributed by atoms with Crippen LogP contribution in [0, 0.1) is 5.92 Å². The van der Waals surface area contributed by atoms with Crippen LogP contribution >= 0.6 is 11.6 Å². The Labute approximate surface area is 153 Å². The fraction of sp³-hybridized carbons (Fsp3) is 0.421. The number of amides is 1. The van der Waals surface area contributed by atoms with Gasteiger partial charge in [-0.1, -0.05) is 30.7 Å². The minimum absolute atomic E-state index is 0.0233. The lowest BCUT2D eigenvalue weighted by Crippen LogP contribution is -2.38. The topological polar surface area (TPSA) is 58.1 Å². The number of nitrogens with zero attached hydrogens (tertiary/aromatic N) is 3. The average Bonchev–Trinajstić information content (AvgIpc) is 2.62. The lowest BCUT2D eigenvalue weighted by atomic mass is 9.99. The van der Waals surface area contributed by atoms with Gasteiger partial charge in [0.25, 0.3) is 5.91 Å². The molecule has 0 aliphatic carbocycles. The van der Waals surface area contributed by atoms with Crippen LogP contribution in [0.3, 0.4) is 0 Å². The van der Waals surface area contributed by atoms with E-state index in [0.29, 0.717) is 17.4 Å². The highest BCUT2D eigenvalue weighted by Gasteiger charge is 2.22. The molecule has 0 radical (unpaired) electrons. The molecule has 1 N–H and O–H groups in total. The predicted molar refractivity (Wildman–Crippen MR) is 100.0 cm³/mol. The van der Waals surface area contributed by atoms with Gasteiger partial charge in [-0.3, -0.25) is 4.79 Å². The number of halogens is 1. The minimum Gasteiger partial charge on any atom is -0.368 e. The summed E-state index contributed by atoms with van der Waals surface area (Å²) >= 11 is 5.98. The molecule has 25 heavy (non-hydrogen) atoms. The van der Waals surface area contributed by atoms with Gasteiger partial charge < -0.3 is 10.2 Å². The Morgan fingerprint density at radius 2 is 2.08 bits per heavy atom. The number of benzene rings is 1. The summed E-state index contributed by atoms with van der Waals surface area (Å²) in [4.78, 5) is 22.9. The molecule has 0 unspecified atom stereocenters. The van der Waals surface area contributed by atoms with Crippen molar-refractivity contribution in [2.45, 2.75) is 26.2 Å². The number of hydrogen-bond acceptors (Lipinski definition) is 4. The molecule has 0 spiro atoms. The highest BCUT2D eigenvalue weighted by molar-refractivity contribution is 6.30. The highest BCUT2D eigenvalue weighted by Crippen LogP contribution is 2.17. The van der Waals surface area contributed by atoms with E-state index < -0.39 is 0 Å². The van der Waals surface area contributed by atoms with Gasteiger partial charge in [-0.25, -0.2) is 9.97 Å². The molecule has 0 saturated carbocycles. The molecule has 1 fully saturated rings. The van der Waals surface area contributed by atoms with Gasteiger partial charge in [-0.15, -0.1) is 0 Å². The van der Waals surface area contributed by atoms with E-state index in [2.05, 4.69) is 22.2 Å². The van der Waals surface area contributed by atoms with Gasteiger partial charge in [-0.2, -0.15) is 0 Å². The Morgan fingerprint density at radius 1 is 1.28 bits per heavy atom. The summed E-state index contributed by atoms with van der Waals surface area (Å²) in [6.45, 7) is 4.57. The molecule has 1 aliphatic heterocycles. The number of rotatable bonds is 5. The molecule has 3 rings (SSSR count). The van der Waals surface area contributed by atoms with E-state index in [0.717, 1.165) is 43.9 Å². The van der Waals surface area contributed by atoms with Crippen molar-refractivity contribution < 1.29 is 4.79 Å². The van der Waals surface area contributed by atoms with Crippen molar-refractivity contribution in [3.63, 3.8) is 0 Å². The van der Waals surface area contributed by atoms with Gasteiger partial charge in [0.2, 0.25) is 0 Å². The molecule has 1 amide bonds. The molecule has 1 saturated heterocycles. The fourth-order valence-electron chi connectivity index (χ4n) is 2.93. The third-order valence-electron chi connectivity index (χ3n) is 4.55. The number of carbonyl (C=O) groups excluding carboxylic acids is 1. The molecule has 2 heterocycles. The van der Waals surface area contributed by atoms with Gasteiger partial charge in [0.1, 0.15) is 11.5 Å². The van der Waals surface area contributed by atoms with E-state index in [9.17, 15) is 4.79 Å². The molecule has 1 aliphatic rings. The van der Waals surface area contributed by atoms with Gasteiger partial charge in [0.15, 0.2) is 0 Å². The third kappa shape index (κ3) is 4.92. The first-order chi connectivity index (χ1) is 12.1. The van der Waals surface area contributed by atoms with Crippen LogP contribution in [0.25, 0.3) is 0 Å². The Balaban J connectivity index is 1.51. The van der Waals surface area contributed by atoms with Crippen LogP contribution in [0.15, 0.2) is 36.7 Å². The average molecular weight is 359 g/mol. The molecule has 6 heteroatoms. The Hall–Kier alpha value is -2.14. The van der Waals surface area contributed by atoms with Gasteiger partial charge >= 0.3 is 0 Å². The number of anilines is 1. The Bertz CT molecular complexity index is 712. The summed E-state index contributed by atoms with van der Waals surface area (Å²) in [5.74, 6) is 1.34. The summed E-state index contributed by atoms with van der Waals surface area (Å²) in [7, 11) is 0. The second-order valence-electron chi connectivity index (χ2n) is 6.57. The molecule has 1 aromatic heterocycles. The standard InChI is InChI=1S/C19H23ClN4O/c1-14-6-9-24(10-7-14)19(25)17-12-23-18(13-22-17)21-8-5-15-3-2-4-16(20)11-15/h2-4,11-14H,5-10H2,1H3,(H,21,23). The van der Waals surface area contributed by atoms with Crippen LogP contribution in [0.1, 0.15) is 35.8 Å². The molecule has 132 valence electrons. The first-order valence-electron chi connectivity index (χ1n) is 8.71. The monoisotopic (exact) mass is 358 g/mol. The first-order valence-corrected chi connectivity index (χ1v) is 9.09. The minimum atomic E-state index is -0.0233. The summed E-state index contributed by atoms with van der Waals surface area (Å²) in [6, 6.07) is 7.80. The maximum atomic E-state index is 12.4. The van der Waals surface area contributed by atoms with E-state index in [1.165, 1.54) is 5.56 Å². The quantitative estimate of drug-likeness (QED) is 0.886. The van der Waals surface area contributed by atoms with Crippen molar-refractivity contribution >= 4 is 23.3 Å². The number of likely N-dealkylation sites (tertiary alicyclic amines) is 1. The molecular formula is C19H23ClN4O. The number of hydrogen-bond donors (Lipinski definition) is 1. The van der Waals surface area contributed by atoms with Crippen molar-refractivity contribution in [2.75, 3.05) is 25.0 Å². The lowest BCUT2D eigenvalue weighted by molar-refractivity contribution is 0.0691. The summed E-state index contributed by atoms with van der Waals surface area (Å²) in [6.07, 6.45) is 6.14. The summed E-state index contributed by atoms with van der Waals surface area (Å²) in [5, 5.41) is 3.97. The van der Waals surface area contributed by atoms with E-state index >= 15 is 0 Å². The number of aromatic nitrogens is 2. The molecule has 1 aromatic carbocycles. The lowest BCUT2D eigenvalue weighted by Gasteiger charge is -2.29. The maximum absolute atomic E-state index is 12.4. The van der Waals surface area contributed by atoms with Crippen LogP contribution in [-0.4, -0.2) is 40.4 Å². The van der Waals surface area contributed by atoms with Gasteiger partial charge in [-0.05, 0) is 42.9 Å². The van der Waals surface area contributed by atoms with E-state index in [1.54, 1.807) is 12.4 Å². The first kappa shape index (κ1) is 17.7. The second-order valence-corrected chi connectivity index (χ2v) is 7.00. The van der Waals surface area contributed by atoms with E-state index in [4.69, 9.17) is 11.6 Å². The Morgan fingerprint density at radius 3 is 2.76 bits per heavy atom. The zero-order valence-electron chi connectivity index (χ0n) is 14.4. The van der Waals surface area contributed by atoms with Crippen LogP contribution in [0.5, 0.6) is 0 Å². The van der Waals surface area contributed by atoms with Crippen molar-refractivity contribution in [3.8, 4) is 0 Å². The van der Waals surface area contributed by atoms with Crippen molar-refractivity contribution in [3.05, 3.63) is 52.9 Å². The highest BCUT2D eigenvalue weighted by atomic mass is 35.5. The molecule has 5 nitrogen and oxygen atoms in total. The van der Waals surface area contributed by atoms with Gasteiger partial charge in [0, 0.05) is 24.7 Å². The third-order valence-corrected chi connectivity index (χ3v) is 4.79. The SMILES string of the molecule is CC1CCN(C(=O)c2cnc(NCCc3cccc(Cl)c3)cn2)CC1. The summed E-state index contributed by atoms with van der Waals surface area (Å²) < 4.78 is 0. The van der Waals surface area contributed by atoms with Crippen molar-refractivity contribution in [2.24, 2.45) is 5.92 Å². The van der Waals surface area contributed by atoms with E-state index in [1.807, 2.05) is 29.2 Å². The normalized spacial score (nSPS) is 15.2. The van der Waals surface area contributed by atoms with Gasteiger partial charge in [0.05, 0.1) is 12.4 Å². The number of nitrogens with one attached hydrogen (secondary N) is 1. The number of piperidine rings is 1. The van der Waals surface area contributed by atoms with E-state index in [-0.39, 0.29) is 5.91 Å². The molecular weight excluding hydrogens is 336 g/mol. The zero-order chi connectivity index (χ0) is 17.6. The van der Waals surface area contributed by atoms with Crippen molar-refractivity contribution in [1.82, 2.24) is 14.9 Å². The largest absolute Gasteiger partial charge is 0.368 e. The van der Waals surface area contributed by atoms with Crippen LogP contribution < -0.4 is 5.32 Å². The van der Waals surface area contributed by atoms with Crippen molar-refractivity contribution in [1.29, 1.82) is 0 Å². The second kappa shape index (κ2) is 8.30.